The van der Waals surface area contributed by atoms with Crippen LogP contribution in [0.4, 0.5) is 0 Å². The van der Waals surface area contributed by atoms with Crippen molar-refractivity contribution in [3.8, 4) is 0 Å². The lowest BCUT2D eigenvalue weighted by molar-refractivity contribution is -0.138. The van der Waals surface area contributed by atoms with Crippen molar-refractivity contribution in [2.24, 2.45) is 5.41 Å². The average Bonchev–Trinajstić information content (AvgIpc) is 3.23. The summed E-state index contributed by atoms with van der Waals surface area (Å²) in [7, 11) is 0. The van der Waals surface area contributed by atoms with Crippen molar-refractivity contribution in [3.63, 3.8) is 0 Å². The Labute approximate surface area is 166 Å². The Morgan fingerprint density at radius 3 is 2.54 bits per heavy atom. The standard InChI is InChI=1S/C23H29N3O2/c1-2-25-17-23(12-10-21(25)27)11-5-15-26(18-23)22(28)20-8-6-19(7-9-20)16-24-13-3-4-14-24/h3-4,6-9,13-14H,2,5,10-12,15-18H2,1H3. The van der Waals surface area contributed by atoms with Crippen LogP contribution in [-0.4, -0.2) is 52.4 Å². The maximum atomic E-state index is 13.1. The topological polar surface area (TPSA) is 45.5 Å². The number of hydrogen-bond donors (Lipinski definition) is 0. The van der Waals surface area contributed by atoms with E-state index in [0.717, 1.165) is 57.5 Å². The van der Waals surface area contributed by atoms with Gasteiger partial charge >= 0.3 is 0 Å². The Morgan fingerprint density at radius 1 is 1.07 bits per heavy atom. The first kappa shape index (κ1) is 18.8. The van der Waals surface area contributed by atoms with Crippen molar-refractivity contribution >= 4 is 11.8 Å². The van der Waals surface area contributed by atoms with Crippen molar-refractivity contribution < 1.29 is 9.59 Å². The summed E-state index contributed by atoms with van der Waals surface area (Å²) in [6.45, 7) is 5.99. The maximum Gasteiger partial charge on any atom is 0.253 e. The molecule has 0 radical (unpaired) electrons. The van der Waals surface area contributed by atoms with E-state index in [4.69, 9.17) is 0 Å². The van der Waals surface area contributed by atoms with Crippen LogP contribution in [0.3, 0.4) is 0 Å². The Hall–Kier alpha value is -2.56. The number of carbonyl (C=O) groups excluding carboxylic acids is 2. The van der Waals surface area contributed by atoms with E-state index in [2.05, 4.69) is 4.57 Å². The molecule has 1 aromatic heterocycles. The van der Waals surface area contributed by atoms with Gasteiger partial charge in [0.1, 0.15) is 0 Å². The predicted octanol–water partition coefficient (Wildman–Crippen LogP) is 3.40. The maximum absolute atomic E-state index is 13.1. The van der Waals surface area contributed by atoms with Crippen molar-refractivity contribution in [1.82, 2.24) is 14.4 Å². The molecule has 3 heterocycles. The van der Waals surface area contributed by atoms with Gasteiger partial charge < -0.3 is 14.4 Å². The normalized spacial score (nSPS) is 22.7. The van der Waals surface area contributed by atoms with E-state index in [0.29, 0.717) is 6.42 Å². The smallest absolute Gasteiger partial charge is 0.253 e. The minimum Gasteiger partial charge on any atom is -0.350 e. The van der Waals surface area contributed by atoms with Crippen LogP contribution in [0.5, 0.6) is 0 Å². The lowest BCUT2D eigenvalue weighted by atomic mass is 9.73. The summed E-state index contributed by atoms with van der Waals surface area (Å²) in [6.07, 6.45) is 7.73. The molecule has 5 heteroatoms. The molecule has 2 amide bonds. The quantitative estimate of drug-likeness (QED) is 0.817. The van der Waals surface area contributed by atoms with Crippen LogP contribution < -0.4 is 0 Å². The van der Waals surface area contributed by atoms with Gasteiger partial charge in [0.05, 0.1) is 0 Å². The Bertz CT molecular complexity index is 828. The number of piperidine rings is 2. The summed E-state index contributed by atoms with van der Waals surface area (Å²) < 4.78 is 2.12. The molecule has 28 heavy (non-hydrogen) atoms. The Balaban J connectivity index is 1.43. The fourth-order valence-electron chi connectivity index (χ4n) is 4.73. The van der Waals surface area contributed by atoms with Crippen molar-refractivity contribution in [2.75, 3.05) is 26.2 Å². The number of nitrogens with zero attached hydrogens (tertiary/aromatic N) is 3. The van der Waals surface area contributed by atoms with Gasteiger partial charge in [0.15, 0.2) is 0 Å². The molecule has 2 saturated heterocycles. The molecule has 0 saturated carbocycles. The second-order valence-corrected chi connectivity index (χ2v) is 8.29. The highest BCUT2D eigenvalue weighted by Crippen LogP contribution is 2.39. The lowest BCUT2D eigenvalue weighted by Crippen LogP contribution is -2.55. The number of benzene rings is 1. The fourth-order valence-corrected chi connectivity index (χ4v) is 4.73. The highest BCUT2D eigenvalue weighted by atomic mass is 16.2. The first-order valence-corrected chi connectivity index (χ1v) is 10.4. The van der Waals surface area contributed by atoms with Crippen LogP contribution in [0.1, 0.15) is 48.5 Å². The zero-order valence-electron chi connectivity index (χ0n) is 16.6. The summed E-state index contributed by atoms with van der Waals surface area (Å²) in [5.41, 5.74) is 2.02. The number of carbonyl (C=O) groups is 2. The van der Waals surface area contributed by atoms with Crippen molar-refractivity contribution in [3.05, 3.63) is 59.9 Å². The summed E-state index contributed by atoms with van der Waals surface area (Å²) in [5, 5.41) is 0. The number of aromatic nitrogens is 1. The molecule has 1 spiro atoms. The molecule has 2 aromatic rings. The van der Waals surface area contributed by atoms with Crippen LogP contribution in [0.15, 0.2) is 48.8 Å². The molecule has 2 aliphatic heterocycles. The molecule has 1 aromatic carbocycles. The van der Waals surface area contributed by atoms with Gasteiger partial charge in [0, 0.05) is 62.5 Å². The molecule has 1 atom stereocenters. The molecule has 5 nitrogen and oxygen atoms in total. The lowest BCUT2D eigenvalue weighted by Gasteiger charge is -2.48. The van der Waals surface area contributed by atoms with Crippen LogP contribution in [0, 0.1) is 5.41 Å². The second-order valence-electron chi connectivity index (χ2n) is 8.29. The third kappa shape index (κ3) is 3.84. The number of hydrogen-bond acceptors (Lipinski definition) is 2. The number of rotatable bonds is 4. The molecule has 4 rings (SSSR count). The van der Waals surface area contributed by atoms with Gasteiger partial charge in [-0.15, -0.1) is 0 Å². The van der Waals surface area contributed by atoms with Gasteiger partial charge in [-0.3, -0.25) is 9.59 Å². The second kappa shape index (κ2) is 7.82. The van der Waals surface area contributed by atoms with E-state index >= 15 is 0 Å². The van der Waals surface area contributed by atoms with E-state index in [1.165, 1.54) is 5.56 Å². The number of likely N-dealkylation sites (tertiary alicyclic amines) is 2. The van der Waals surface area contributed by atoms with Gasteiger partial charge in [-0.25, -0.2) is 0 Å². The fraction of sp³-hybridized carbons (Fsp3) is 0.478. The predicted molar refractivity (Wildman–Crippen MR) is 109 cm³/mol. The van der Waals surface area contributed by atoms with Crippen molar-refractivity contribution in [2.45, 2.75) is 39.2 Å². The molecule has 0 bridgehead atoms. The first-order chi connectivity index (χ1) is 13.6. The minimum atomic E-state index is 0.0756. The van der Waals surface area contributed by atoms with Crippen molar-refractivity contribution in [1.29, 1.82) is 0 Å². The summed E-state index contributed by atoms with van der Waals surface area (Å²) >= 11 is 0. The van der Waals surface area contributed by atoms with Crippen LogP contribution in [-0.2, 0) is 11.3 Å². The molecule has 1 unspecified atom stereocenters. The highest BCUT2D eigenvalue weighted by Gasteiger charge is 2.42. The summed E-state index contributed by atoms with van der Waals surface area (Å²) in [4.78, 5) is 29.2. The monoisotopic (exact) mass is 379 g/mol. The van der Waals surface area contributed by atoms with Crippen LogP contribution in [0.2, 0.25) is 0 Å². The van der Waals surface area contributed by atoms with E-state index in [9.17, 15) is 9.59 Å². The van der Waals surface area contributed by atoms with Gasteiger partial charge in [-0.2, -0.15) is 0 Å². The zero-order chi connectivity index (χ0) is 19.6. The molecule has 148 valence electrons. The SMILES string of the molecule is CCN1CC2(CCCN(C(=O)c3ccc(Cn4cccc4)cc3)C2)CCC1=O. The van der Waals surface area contributed by atoms with Gasteiger partial charge in [0.25, 0.3) is 5.91 Å². The third-order valence-corrected chi connectivity index (χ3v) is 6.31. The third-order valence-electron chi connectivity index (χ3n) is 6.31. The van der Waals surface area contributed by atoms with E-state index in [1.54, 1.807) is 0 Å². The Kier molecular flexibility index (Phi) is 5.25. The molecule has 0 aliphatic carbocycles. The largest absolute Gasteiger partial charge is 0.350 e. The highest BCUT2D eigenvalue weighted by molar-refractivity contribution is 5.94. The average molecular weight is 380 g/mol. The minimum absolute atomic E-state index is 0.0756. The van der Waals surface area contributed by atoms with Gasteiger partial charge in [0.2, 0.25) is 5.91 Å². The molecule has 2 aliphatic rings. The summed E-state index contributed by atoms with van der Waals surface area (Å²) in [6, 6.07) is 12.0. The number of amides is 2. The van der Waals surface area contributed by atoms with Crippen LogP contribution >= 0.6 is 0 Å². The Morgan fingerprint density at radius 2 is 1.82 bits per heavy atom. The molecule has 0 N–H and O–H groups in total. The zero-order valence-corrected chi connectivity index (χ0v) is 16.6. The van der Waals surface area contributed by atoms with E-state index in [-0.39, 0.29) is 17.2 Å². The van der Waals surface area contributed by atoms with E-state index in [1.807, 2.05) is 65.5 Å². The van der Waals surface area contributed by atoms with Crippen LogP contribution in [0.25, 0.3) is 0 Å². The van der Waals surface area contributed by atoms with E-state index < -0.39 is 0 Å². The first-order valence-electron chi connectivity index (χ1n) is 10.4. The molecular weight excluding hydrogens is 350 g/mol. The summed E-state index contributed by atoms with van der Waals surface area (Å²) in [5.74, 6) is 0.376. The molecular formula is C23H29N3O2. The van der Waals surface area contributed by atoms with Gasteiger partial charge in [-0.05, 0) is 56.0 Å². The molecule has 2 fully saturated rings. The van der Waals surface area contributed by atoms with Gasteiger partial charge in [-0.1, -0.05) is 12.1 Å².